The fourth-order valence-corrected chi connectivity index (χ4v) is 4.37. The number of morpholine rings is 1. The van der Waals surface area contributed by atoms with Crippen LogP contribution in [0.25, 0.3) is 11.1 Å². The number of nitriles is 1. The van der Waals surface area contributed by atoms with Gasteiger partial charge in [-0.2, -0.15) is 5.26 Å². The number of amides is 1. The van der Waals surface area contributed by atoms with Crippen molar-refractivity contribution in [2.24, 2.45) is 0 Å². The van der Waals surface area contributed by atoms with Crippen molar-refractivity contribution in [2.45, 2.75) is 44.3 Å². The number of ether oxygens (including phenoxy) is 1. The summed E-state index contributed by atoms with van der Waals surface area (Å²) >= 11 is 0. The van der Waals surface area contributed by atoms with Crippen LogP contribution in [-0.4, -0.2) is 55.7 Å². The van der Waals surface area contributed by atoms with Crippen LogP contribution in [0.5, 0.6) is 0 Å². The predicted molar refractivity (Wildman–Crippen MR) is 125 cm³/mol. The molecule has 0 aromatic heterocycles. The second-order valence-corrected chi connectivity index (χ2v) is 8.68. The van der Waals surface area contributed by atoms with Crippen molar-refractivity contribution in [2.75, 3.05) is 32.8 Å². The van der Waals surface area contributed by atoms with E-state index >= 15 is 0 Å². The van der Waals surface area contributed by atoms with Gasteiger partial charge in [0.05, 0.1) is 25.3 Å². The van der Waals surface area contributed by atoms with Crippen LogP contribution in [0.2, 0.25) is 0 Å². The maximum Gasteiger partial charge on any atom is 0.238 e. The van der Waals surface area contributed by atoms with Crippen molar-refractivity contribution in [3.8, 4) is 17.2 Å². The van der Waals surface area contributed by atoms with E-state index in [9.17, 15) is 10.1 Å². The molecule has 2 N–H and O–H groups in total. The Balaban J connectivity index is 1.31. The van der Waals surface area contributed by atoms with Gasteiger partial charge in [0.25, 0.3) is 0 Å². The molecule has 2 aliphatic rings. The molecule has 2 aliphatic heterocycles. The van der Waals surface area contributed by atoms with Crippen LogP contribution in [0.4, 0.5) is 0 Å². The summed E-state index contributed by atoms with van der Waals surface area (Å²) in [5.74, 6) is -0.0648. The van der Waals surface area contributed by atoms with E-state index in [4.69, 9.17) is 4.74 Å². The zero-order valence-electron chi connectivity index (χ0n) is 18.6. The largest absolute Gasteiger partial charge is 0.379 e. The lowest BCUT2D eigenvalue weighted by molar-refractivity contribution is -0.124. The molecule has 0 bridgehead atoms. The number of rotatable bonds is 7. The summed E-state index contributed by atoms with van der Waals surface area (Å²) in [5, 5.41) is 15.6. The molecule has 2 aromatic rings. The first kappa shape index (κ1) is 22.5. The monoisotopic (exact) mass is 432 g/mol. The summed E-state index contributed by atoms with van der Waals surface area (Å²) in [6.07, 6.45) is 3.50. The zero-order valence-corrected chi connectivity index (χ0v) is 18.6. The first-order valence-corrected chi connectivity index (χ1v) is 11.6. The first-order valence-electron chi connectivity index (χ1n) is 11.6. The van der Waals surface area contributed by atoms with Gasteiger partial charge in [0, 0.05) is 26.1 Å². The minimum absolute atomic E-state index is 0.0648. The number of carbonyl (C=O) groups excluding carboxylic acids is 1. The molecular weight excluding hydrogens is 400 g/mol. The van der Waals surface area contributed by atoms with Crippen molar-refractivity contribution in [3.63, 3.8) is 0 Å². The molecule has 32 heavy (non-hydrogen) atoms. The Bertz CT molecular complexity index is 908. The molecule has 168 valence electrons. The summed E-state index contributed by atoms with van der Waals surface area (Å²) in [6, 6.07) is 18.5. The molecular formula is C26H32N4O2. The van der Waals surface area contributed by atoms with E-state index in [1.54, 1.807) is 0 Å². The second-order valence-electron chi connectivity index (χ2n) is 8.68. The zero-order chi connectivity index (χ0) is 22.2. The molecule has 4 rings (SSSR count). The molecule has 2 fully saturated rings. The van der Waals surface area contributed by atoms with Gasteiger partial charge in [0.15, 0.2) is 0 Å². The van der Waals surface area contributed by atoms with E-state index in [-0.39, 0.29) is 11.9 Å². The molecule has 0 aliphatic carbocycles. The average molecular weight is 433 g/mol. The predicted octanol–water partition coefficient (Wildman–Crippen LogP) is 2.88. The standard InChI is InChI=1S/C26H32N4O2/c27-18-24(29-26(31)25-3-1-2-12-28-25)17-20-4-8-22(9-5-20)23-10-6-21(7-11-23)19-30-13-15-32-16-14-30/h4-11,24-25,28H,1-3,12-17,19H2,(H,29,31)/t24-,25?/m0/s1. The summed E-state index contributed by atoms with van der Waals surface area (Å²) in [7, 11) is 0. The first-order chi connectivity index (χ1) is 15.7. The third kappa shape index (κ3) is 6.17. The Hall–Kier alpha value is -2.72. The van der Waals surface area contributed by atoms with Gasteiger partial charge in [-0.25, -0.2) is 0 Å². The van der Waals surface area contributed by atoms with E-state index in [1.165, 1.54) is 11.1 Å². The van der Waals surface area contributed by atoms with Crippen LogP contribution in [0.15, 0.2) is 48.5 Å². The molecule has 0 saturated carbocycles. The highest BCUT2D eigenvalue weighted by Crippen LogP contribution is 2.21. The number of nitrogens with one attached hydrogen (secondary N) is 2. The summed E-state index contributed by atoms with van der Waals surface area (Å²) in [5.41, 5.74) is 4.68. The molecule has 1 unspecified atom stereocenters. The van der Waals surface area contributed by atoms with Gasteiger partial charge >= 0.3 is 0 Å². The Kier molecular flexibility index (Phi) is 7.89. The highest BCUT2D eigenvalue weighted by molar-refractivity contribution is 5.82. The van der Waals surface area contributed by atoms with E-state index in [0.717, 1.165) is 69.8 Å². The summed E-state index contributed by atoms with van der Waals surface area (Å²) in [6.45, 7) is 5.44. The Morgan fingerprint density at radius 2 is 1.72 bits per heavy atom. The highest BCUT2D eigenvalue weighted by atomic mass is 16.5. The third-order valence-corrected chi connectivity index (χ3v) is 6.29. The SMILES string of the molecule is N#C[C@H](Cc1ccc(-c2ccc(CN3CCOCC3)cc2)cc1)NC(=O)C1CCCCN1. The lowest BCUT2D eigenvalue weighted by atomic mass is 9.99. The maximum atomic E-state index is 12.4. The topological polar surface area (TPSA) is 77.4 Å². The Morgan fingerprint density at radius 3 is 2.31 bits per heavy atom. The van der Waals surface area contributed by atoms with Gasteiger partial charge in [-0.1, -0.05) is 55.0 Å². The summed E-state index contributed by atoms with van der Waals surface area (Å²) < 4.78 is 5.42. The molecule has 2 aromatic carbocycles. The van der Waals surface area contributed by atoms with Gasteiger partial charge in [-0.3, -0.25) is 9.69 Å². The average Bonchev–Trinajstić information content (AvgIpc) is 2.86. The van der Waals surface area contributed by atoms with E-state index in [1.807, 2.05) is 12.1 Å². The summed E-state index contributed by atoms with van der Waals surface area (Å²) in [4.78, 5) is 14.8. The minimum atomic E-state index is -0.517. The van der Waals surface area contributed by atoms with Crippen LogP contribution in [-0.2, 0) is 22.5 Å². The van der Waals surface area contributed by atoms with Crippen molar-refractivity contribution in [3.05, 3.63) is 59.7 Å². The molecule has 6 nitrogen and oxygen atoms in total. The van der Waals surface area contributed by atoms with E-state index in [0.29, 0.717) is 6.42 Å². The van der Waals surface area contributed by atoms with Crippen molar-refractivity contribution in [1.82, 2.24) is 15.5 Å². The van der Waals surface area contributed by atoms with Crippen LogP contribution in [0, 0.1) is 11.3 Å². The molecule has 1 amide bonds. The Morgan fingerprint density at radius 1 is 1.06 bits per heavy atom. The number of carbonyl (C=O) groups is 1. The number of piperidine rings is 1. The van der Waals surface area contributed by atoms with Crippen LogP contribution in [0.1, 0.15) is 30.4 Å². The van der Waals surface area contributed by atoms with Crippen molar-refractivity contribution < 1.29 is 9.53 Å². The molecule has 0 radical (unpaired) electrons. The quantitative estimate of drug-likeness (QED) is 0.704. The van der Waals surface area contributed by atoms with Gasteiger partial charge in [-0.15, -0.1) is 0 Å². The number of hydrogen-bond donors (Lipinski definition) is 2. The van der Waals surface area contributed by atoms with Gasteiger partial charge < -0.3 is 15.4 Å². The molecule has 6 heteroatoms. The van der Waals surface area contributed by atoms with E-state index < -0.39 is 6.04 Å². The van der Waals surface area contributed by atoms with Crippen LogP contribution < -0.4 is 10.6 Å². The number of nitrogens with zero attached hydrogens (tertiary/aromatic N) is 2. The minimum Gasteiger partial charge on any atom is -0.379 e. The van der Waals surface area contributed by atoms with Crippen LogP contribution in [0.3, 0.4) is 0 Å². The van der Waals surface area contributed by atoms with E-state index in [2.05, 4.69) is 58.0 Å². The fraction of sp³-hybridized carbons (Fsp3) is 0.462. The lowest BCUT2D eigenvalue weighted by Crippen LogP contribution is -2.49. The number of hydrogen-bond acceptors (Lipinski definition) is 5. The lowest BCUT2D eigenvalue weighted by Gasteiger charge is -2.26. The van der Waals surface area contributed by atoms with Gasteiger partial charge in [-0.05, 0) is 41.6 Å². The highest BCUT2D eigenvalue weighted by Gasteiger charge is 2.23. The van der Waals surface area contributed by atoms with Crippen LogP contribution >= 0.6 is 0 Å². The normalized spacial score (nSPS) is 20.3. The molecule has 2 atom stereocenters. The van der Waals surface area contributed by atoms with Crippen molar-refractivity contribution >= 4 is 5.91 Å². The van der Waals surface area contributed by atoms with Gasteiger partial charge in [0.1, 0.15) is 6.04 Å². The molecule has 0 spiro atoms. The maximum absolute atomic E-state index is 12.4. The van der Waals surface area contributed by atoms with Gasteiger partial charge in [0.2, 0.25) is 5.91 Å². The van der Waals surface area contributed by atoms with Crippen molar-refractivity contribution in [1.29, 1.82) is 5.26 Å². The smallest absolute Gasteiger partial charge is 0.238 e. The fourth-order valence-electron chi connectivity index (χ4n) is 4.37. The second kappa shape index (κ2) is 11.2. The molecule has 2 saturated heterocycles. The number of benzene rings is 2. The third-order valence-electron chi connectivity index (χ3n) is 6.29. The molecule has 2 heterocycles. The Labute approximate surface area is 190 Å².